The molecule has 19 heavy (non-hydrogen) atoms. The van der Waals surface area contributed by atoms with Crippen LogP contribution in [0.2, 0.25) is 0 Å². The number of amides is 2. The molecule has 1 heterocycles. The van der Waals surface area contributed by atoms with Gasteiger partial charge in [-0.3, -0.25) is 0 Å². The zero-order valence-corrected chi connectivity index (χ0v) is 12.4. The summed E-state index contributed by atoms with van der Waals surface area (Å²) in [5.74, 6) is 0.742. The summed E-state index contributed by atoms with van der Waals surface area (Å²) in [5, 5.41) is 3.08. The molecule has 1 saturated heterocycles. The van der Waals surface area contributed by atoms with Crippen molar-refractivity contribution in [2.75, 3.05) is 18.4 Å². The lowest BCUT2D eigenvalue weighted by atomic mass is 9.99. The second-order valence-corrected chi connectivity index (χ2v) is 5.87. The number of rotatable bonds is 1. The molecule has 0 spiro atoms. The standard InChI is InChI=1S/C16H24N2O/c1-11-5-7-18(8-6-11)16(19)17-15-13(3)9-12(2)10-14(15)4/h9-11H,5-8H2,1-4H3,(H,17,19). The van der Waals surface area contributed by atoms with E-state index in [0.717, 1.165) is 48.7 Å². The van der Waals surface area contributed by atoms with E-state index in [2.05, 4.69) is 31.3 Å². The van der Waals surface area contributed by atoms with Gasteiger partial charge in [0.05, 0.1) is 0 Å². The maximum Gasteiger partial charge on any atom is 0.321 e. The van der Waals surface area contributed by atoms with Gasteiger partial charge in [0.15, 0.2) is 0 Å². The van der Waals surface area contributed by atoms with Gasteiger partial charge in [-0.1, -0.05) is 24.6 Å². The monoisotopic (exact) mass is 260 g/mol. The van der Waals surface area contributed by atoms with Crippen molar-refractivity contribution in [3.63, 3.8) is 0 Å². The van der Waals surface area contributed by atoms with Crippen LogP contribution in [0.25, 0.3) is 0 Å². The molecular formula is C16H24N2O. The van der Waals surface area contributed by atoms with E-state index in [1.807, 2.05) is 18.7 Å². The highest BCUT2D eigenvalue weighted by molar-refractivity contribution is 5.91. The van der Waals surface area contributed by atoms with Crippen molar-refractivity contribution in [2.45, 2.75) is 40.5 Å². The smallest absolute Gasteiger partial charge is 0.321 e. The molecule has 3 heteroatoms. The largest absolute Gasteiger partial charge is 0.325 e. The fourth-order valence-electron chi connectivity index (χ4n) is 2.77. The van der Waals surface area contributed by atoms with Crippen LogP contribution in [0.5, 0.6) is 0 Å². The number of nitrogens with zero attached hydrogens (tertiary/aromatic N) is 1. The van der Waals surface area contributed by atoms with Crippen LogP contribution in [0, 0.1) is 26.7 Å². The molecule has 1 aromatic rings. The van der Waals surface area contributed by atoms with Crippen molar-refractivity contribution in [2.24, 2.45) is 5.92 Å². The van der Waals surface area contributed by atoms with Crippen LogP contribution in [-0.2, 0) is 0 Å². The molecule has 0 unspecified atom stereocenters. The molecule has 3 nitrogen and oxygen atoms in total. The Bertz CT molecular complexity index is 451. The lowest BCUT2D eigenvalue weighted by Crippen LogP contribution is -2.40. The van der Waals surface area contributed by atoms with E-state index in [0.29, 0.717) is 0 Å². The van der Waals surface area contributed by atoms with Crippen LogP contribution in [0.15, 0.2) is 12.1 Å². The normalized spacial score (nSPS) is 16.5. The molecule has 1 fully saturated rings. The van der Waals surface area contributed by atoms with Gasteiger partial charge in [-0.2, -0.15) is 0 Å². The Labute approximate surface area is 116 Å². The van der Waals surface area contributed by atoms with Crippen LogP contribution in [-0.4, -0.2) is 24.0 Å². The van der Waals surface area contributed by atoms with Crippen molar-refractivity contribution in [3.8, 4) is 0 Å². The van der Waals surface area contributed by atoms with E-state index in [4.69, 9.17) is 0 Å². The Kier molecular flexibility index (Phi) is 4.13. The first-order valence-corrected chi connectivity index (χ1v) is 7.11. The van der Waals surface area contributed by atoms with Crippen LogP contribution >= 0.6 is 0 Å². The van der Waals surface area contributed by atoms with E-state index in [9.17, 15) is 4.79 Å². The highest BCUT2D eigenvalue weighted by Gasteiger charge is 2.21. The Balaban J connectivity index is 2.07. The number of hydrogen-bond acceptors (Lipinski definition) is 1. The molecule has 2 rings (SSSR count). The molecule has 0 saturated carbocycles. The molecule has 0 bridgehead atoms. The minimum absolute atomic E-state index is 0.0435. The molecule has 2 amide bonds. The number of urea groups is 1. The lowest BCUT2D eigenvalue weighted by molar-refractivity contribution is 0.186. The van der Waals surface area contributed by atoms with Crippen LogP contribution < -0.4 is 5.32 Å². The number of anilines is 1. The van der Waals surface area contributed by atoms with Gasteiger partial charge in [-0.25, -0.2) is 4.79 Å². The predicted octanol–water partition coefficient (Wildman–Crippen LogP) is 3.88. The van der Waals surface area contributed by atoms with Gasteiger partial charge < -0.3 is 10.2 Å². The summed E-state index contributed by atoms with van der Waals surface area (Å²) in [4.78, 5) is 14.2. The molecule has 104 valence electrons. The molecule has 1 aliphatic heterocycles. The van der Waals surface area contributed by atoms with Gasteiger partial charge in [0.2, 0.25) is 0 Å². The van der Waals surface area contributed by atoms with Gasteiger partial charge in [0.25, 0.3) is 0 Å². The molecule has 1 aromatic carbocycles. The second-order valence-electron chi connectivity index (χ2n) is 5.87. The van der Waals surface area contributed by atoms with E-state index in [1.54, 1.807) is 0 Å². The Morgan fingerprint density at radius 1 is 1.16 bits per heavy atom. The van der Waals surface area contributed by atoms with Crippen molar-refractivity contribution in [1.82, 2.24) is 4.90 Å². The predicted molar refractivity (Wildman–Crippen MR) is 79.6 cm³/mol. The molecule has 0 aromatic heterocycles. The Hall–Kier alpha value is -1.51. The van der Waals surface area contributed by atoms with Gasteiger partial charge in [0, 0.05) is 18.8 Å². The molecule has 0 radical (unpaired) electrons. The summed E-state index contributed by atoms with van der Waals surface area (Å²) >= 11 is 0. The molecule has 0 atom stereocenters. The number of nitrogens with one attached hydrogen (secondary N) is 1. The lowest BCUT2D eigenvalue weighted by Gasteiger charge is -2.30. The third-order valence-electron chi connectivity index (χ3n) is 3.98. The van der Waals surface area contributed by atoms with Gasteiger partial charge in [-0.15, -0.1) is 0 Å². The second kappa shape index (κ2) is 5.64. The van der Waals surface area contributed by atoms with E-state index in [-0.39, 0.29) is 6.03 Å². The Morgan fingerprint density at radius 3 is 2.21 bits per heavy atom. The van der Waals surface area contributed by atoms with E-state index < -0.39 is 0 Å². The fourth-order valence-corrected chi connectivity index (χ4v) is 2.77. The first kappa shape index (κ1) is 13.9. The van der Waals surface area contributed by atoms with Crippen LogP contribution in [0.1, 0.15) is 36.5 Å². The first-order chi connectivity index (χ1) is 8.97. The van der Waals surface area contributed by atoms with E-state index >= 15 is 0 Å². The number of piperidine rings is 1. The third kappa shape index (κ3) is 3.28. The number of aryl methyl sites for hydroxylation is 3. The number of hydrogen-bond donors (Lipinski definition) is 1. The third-order valence-corrected chi connectivity index (χ3v) is 3.98. The number of likely N-dealkylation sites (tertiary alicyclic amines) is 1. The topological polar surface area (TPSA) is 32.3 Å². The van der Waals surface area contributed by atoms with Crippen molar-refractivity contribution < 1.29 is 4.79 Å². The summed E-state index contributed by atoms with van der Waals surface area (Å²) in [6.07, 6.45) is 2.22. The van der Waals surface area contributed by atoms with Gasteiger partial charge in [-0.05, 0) is 50.7 Å². The van der Waals surface area contributed by atoms with Gasteiger partial charge >= 0.3 is 6.03 Å². The summed E-state index contributed by atoms with van der Waals surface area (Å²) in [6.45, 7) is 10.2. The van der Waals surface area contributed by atoms with Gasteiger partial charge in [0.1, 0.15) is 0 Å². The average molecular weight is 260 g/mol. The minimum atomic E-state index is 0.0435. The summed E-state index contributed by atoms with van der Waals surface area (Å²) < 4.78 is 0. The van der Waals surface area contributed by atoms with Crippen LogP contribution in [0.4, 0.5) is 10.5 Å². The molecular weight excluding hydrogens is 236 g/mol. The van der Waals surface area contributed by atoms with E-state index in [1.165, 1.54) is 5.56 Å². The average Bonchev–Trinajstić information content (AvgIpc) is 2.34. The van der Waals surface area contributed by atoms with Crippen molar-refractivity contribution >= 4 is 11.7 Å². The molecule has 1 aliphatic rings. The van der Waals surface area contributed by atoms with Crippen molar-refractivity contribution in [3.05, 3.63) is 28.8 Å². The molecule has 1 N–H and O–H groups in total. The highest BCUT2D eigenvalue weighted by atomic mass is 16.2. The minimum Gasteiger partial charge on any atom is -0.325 e. The maximum atomic E-state index is 12.3. The summed E-state index contributed by atoms with van der Waals surface area (Å²) in [6, 6.07) is 4.27. The Morgan fingerprint density at radius 2 is 1.68 bits per heavy atom. The zero-order chi connectivity index (χ0) is 14.0. The quantitative estimate of drug-likeness (QED) is 0.816. The summed E-state index contributed by atoms with van der Waals surface area (Å²) in [7, 11) is 0. The summed E-state index contributed by atoms with van der Waals surface area (Å²) in [5.41, 5.74) is 4.47. The maximum absolute atomic E-state index is 12.3. The zero-order valence-electron chi connectivity index (χ0n) is 12.4. The highest BCUT2D eigenvalue weighted by Crippen LogP contribution is 2.23. The SMILES string of the molecule is Cc1cc(C)c(NC(=O)N2CCC(C)CC2)c(C)c1. The number of carbonyl (C=O) groups is 1. The van der Waals surface area contributed by atoms with Crippen LogP contribution in [0.3, 0.4) is 0 Å². The number of carbonyl (C=O) groups excluding carboxylic acids is 1. The van der Waals surface area contributed by atoms with Crippen molar-refractivity contribution in [1.29, 1.82) is 0 Å². The number of benzene rings is 1. The first-order valence-electron chi connectivity index (χ1n) is 7.11. The fraction of sp³-hybridized carbons (Fsp3) is 0.562. The molecule has 0 aliphatic carbocycles.